The highest BCUT2D eigenvalue weighted by Crippen LogP contribution is 2.50. The number of fused-ring (bicyclic) bond motifs is 1. The molecule has 0 saturated heterocycles. The Morgan fingerprint density at radius 2 is 2.19 bits per heavy atom. The quantitative estimate of drug-likeness (QED) is 0.796. The van der Waals surface area contributed by atoms with Crippen molar-refractivity contribution in [3.05, 3.63) is 35.1 Å². The van der Waals surface area contributed by atoms with E-state index in [0.29, 0.717) is 28.7 Å². The van der Waals surface area contributed by atoms with Crippen LogP contribution in [-0.4, -0.2) is 18.5 Å². The molecule has 21 heavy (non-hydrogen) atoms. The summed E-state index contributed by atoms with van der Waals surface area (Å²) in [6.45, 7) is 3.70. The number of hydrogen-bond donors (Lipinski definition) is 0. The fraction of sp³-hybridized carbons (Fsp3) is 0.438. The fourth-order valence-electron chi connectivity index (χ4n) is 2.63. The molecule has 1 fully saturated rings. The summed E-state index contributed by atoms with van der Waals surface area (Å²) in [5.41, 5.74) is 1.74. The highest BCUT2D eigenvalue weighted by Gasteiger charge is 2.56. The third kappa shape index (κ3) is 2.52. The fourth-order valence-corrected chi connectivity index (χ4v) is 2.63. The Morgan fingerprint density at radius 1 is 1.48 bits per heavy atom. The molecule has 1 aromatic heterocycles. The van der Waals surface area contributed by atoms with Crippen LogP contribution in [0.1, 0.15) is 35.0 Å². The van der Waals surface area contributed by atoms with Crippen molar-refractivity contribution in [2.45, 2.75) is 32.6 Å². The highest BCUT2D eigenvalue weighted by atomic mass is 19.3. The summed E-state index contributed by atoms with van der Waals surface area (Å²) in [5.74, 6) is -3.08. The zero-order valence-electron chi connectivity index (χ0n) is 11.9. The number of rotatable bonds is 4. The SMILES string of the molecule is CCOC(=O)c1c(C)oc2ccc(CC3CC3(F)F)cc12. The van der Waals surface area contributed by atoms with Crippen molar-refractivity contribution < 1.29 is 22.7 Å². The summed E-state index contributed by atoms with van der Waals surface area (Å²) in [6, 6.07) is 5.25. The molecule has 1 saturated carbocycles. The molecule has 5 heteroatoms. The van der Waals surface area contributed by atoms with Gasteiger partial charge in [-0.05, 0) is 38.0 Å². The Kier molecular flexibility index (Phi) is 3.23. The molecule has 1 heterocycles. The maximum Gasteiger partial charge on any atom is 0.342 e. The van der Waals surface area contributed by atoms with Crippen LogP contribution < -0.4 is 0 Å². The van der Waals surface area contributed by atoms with Gasteiger partial charge in [-0.15, -0.1) is 0 Å². The number of hydrogen-bond acceptors (Lipinski definition) is 3. The summed E-state index contributed by atoms with van der Waals surface area (Å²) < 4.78 is 36.6. The summed E-state index contributed by atoms with van der Waals surface area (Å²) in [7, 11) is 0. The van der Waals surface area contributed by atoms with E-state index in [-0.39, 0.29) is 13.0 Å². The molecule has 0 amide bonds. The van der Waals surface area contributed by atoms with Crippen LogP contribution in [0.5, 0.6) is 0 Å². The van der Waals surface area contributed by atoms with Gasteiger partial charge in [0.25, 0.3) is 5.92 Å². The van der Waals surface area contributed by atoms with Gasteiger partial charge in [0.1, 0.15) is 16.9 Å². The van der Waals surface area contributed by atoms with E-state index in [0.717, 1.165) is 5.56 Å². The average Bonchev–Trinajstić information content (AvgIpc) is 2.86. The monoisotopic (exact) mass is 294 g/mol. The summed E-state index contributed by atoms with van der Waals surface area (Å²) >= 11 is 0. The number of halogens is 2. The minimum atomic E-state index is -2.54. The van der Waals surface area contributed by atoms with Crippen molar-refractivity contribution in [2.24, 2.45) is 5.92 Å². The first-order valence-corrected chi connectivity index (χ1v) is 6.99. The Morgan fingerprint density at radius 3 is 2.81 bits per heavy atom. The number of aryl methyl sites for hydroxylation is 1. The van der Waals surface area contributed by atoms with Gasteiger partial charge in [-0.1, -0.05) is 6.07 Å². The molecule has 2 aromatic rings. The van der Waals surface area contributed by atoms with Gasteiger partial charge in [0.2, 0.25) is 0 Å². The largest absolute Gasteiger partial charge is 0.462 e. The lowest BCUT2D eigenvalue weighted by atomic mass is 10.0. The lowest BCUT2D eigenvalue weighted by Crippen LogP contribution is -2.05. The van der Waals surface area contributed by atoms with Crippen molar-refractivity contribution in [3.63, 3.8) is 0 Å². The maximum absolute atomic E-state index is 13.0. The molecule has 3 nitrogen and oxygen atoms in total. The minimum Gasteiger partial charge on any atom is -0.462 e. The predicted molar refractivity (Wildman–Crippen MR) is 73.7 cm³/mol. The van der Waals surface area contributed by atoms with E-state index in [4.69, 9.17) is 9.15 Å². The number of carbonyl (C=O) groups is 1. The lowest BCUT2D eigenvalue weighted by Gasteiger charge is -2.03. The molecule has 0 bridgehead atoms. The number of carbonyl (C=O) groups excluding carboxylic acids is 1. The van der Waals surface area contributed by atoms with Gasteiger partial charge in [0.15, 0.2) is 0 Å². The molecule has 1 aliphatic carbocycles. The molecule has 1 aliphatic rings. The topological polar surface area (TPSA) is 39.4 Å². The van der Waals surface area contributed by atoms with Gasteiger partial charge in [0.05, 0.1) is 6.61 Å². The normalized spacial score (nSPS) is 19.7. The molecule has 112 valence electrons. The second kappa shape index (κ2) is 4.83. The van der Waals surface area contributed by atoms with Gasteiger partial charge in [0, 0.05) is 17.7 Å². The standard InChI is InChI=1S/C16H16F2O3/c1-3-20-15(19)14-9(2)21-13-5-4-10(7-12(13)14)6-11-8-16(11,17)18/h4-5,7,11H,3,6,8H2,1-2H3. The van der Waals surface area contributed by atoms with Crippen LogP contribution in [0.4, 0.5) is 8.78 Å². The Balaban J connectivity index is 1.95. The summed E-state index contributed by atoms with van der Waals surface area (Å²) in [4.78, 5) is 12.0. The molecule has 1 unspecified atom stereocenters. The molecule has 0 aliphatic heterocycles. The van der Waals surface area contributed by atoms with Gasteiger partial charge in [-0.25, -0.2) is 13.6 Å². The summed E-state index contributed by atoms with van der Waals surface area (Å²) in [6.07, 6.45) is 0.260. The Hall–Kier alpha value is -1.91. The van der Waals surface area contributed by atoms with Crippen LogP contribution in [0.25, 0.3) is 11.0 Å². The number of benzene rings is 1. The van der Waals surface area contributed by atoms with Crippen molar-refractivity contribution in [1.82, 2.24) is 0 Å². The molecule has 1 aromatic carbocycles. The molecule has 0 N–H and O–H groups in total. The number of ether oxygens (including phenoxy) is 1. The summed E-state index contributed by atoms with van der Waals surface area (Å²) in [5, 5.41) is 0.632. The van der Waals surface area contributed by atoms with Crippen LogP contribution in [0.2, 0.25) is 0 Å². The van der Waals surface area contributed by atoms with E-state index >= 15 is 0 Å². The third-order valence-electron chi connectivity index (χ3n) is 3.85. The second-order valence-electron chi connectivity index (χ2n) is 5.45. The molecule has 1 atom stereocenters. The minimum absolute atomic E-state index is 0.0554. The van der Waals surface area contributed by atoms with Crippen LogP contribution in [-0.2, 0) is 11.2 Å². The van der Waals surface area contributed by atoms with Gasteiger partial charge >= 0.3 is 5.97 Å². The van der Waals surface area contributed by atoms with E-state index in [2.05, 4.69) is 0 Å². The van der Waals surface area contributed by atoms with Crippen LogP contribution >= 0.6 is 0 Å². The Labute approximate surface area is 120 Å². The van der Waals surface area contributed by atoms with Crippen LogP contribution in [0, 0.1) is 12.8 Å². The van der Waals surface area contributed by atoms with E-state index in [1.165, 1.54) is 0 Å². The van der Waals surface area contributed by atoms with Crippen molar-refractivity contribution in [3.8, 4) is 0 Å². The zero-order chi connectivity index (χ0) is 15.2. The van der Waals surface area contributed by atoms with Gasteiger partial charge in [-0.2, -0.15) is 0 Å². The molecule has 3 rings (SSSR count). The maximum atomic E-state index is 13.0. The second-order valence-corrected chi connectivity index (χ2v) is 5.45. The van der Waals surface area contributed by atoms with Gasteiger partial charge in [-0.3, -0.25) is 0 Å². The number of alkyl halides is 2. The first-order chi connectivity index (χ1) is 9.92. The van der Waals surface area contributed by atoms with E-state index < -0.39 is 17.8 Å². The van der Waals surface area contributed by atoms with Crippen molar-refractivity contribution in [1.29, 1.82) is 0 Å². The predicted octanol–water partition coefficient (Wildman–Crippen LogP) is 4.12. The number of esters is 1. The van der Waals surface area contributed by atoms with E-state index in [1.807, 2.05) is 0 Å². The first-order valence-electron chi connectivity index (χ1n) is 6.99. The lowest BCUT2D eigenvalue weighted by molar-refractivity contribution is 0.0526. The smallest absolute Gasteiger partial charge is 0.342 e. The third-order valence-corrected chi connectivity index (χ3v) is 3.85. The van der Waals surface area contributed by atoms with E-state index in [9.17, 15) is 13.6 Å². The average molecular weight is 294 g/mol. The molecular weight excluding hydrogens is 278 g/mol. The van der Waals surface area contributed by atoms with Crippen LogP contribution in [0.3, 0.4) is 0 Å². The van der Waals surface area contributed by atoms with E-state index in [1.54, 1.807) is 32.0 Å². The van der Waals surface area contributed by atoms with Crippen LogP contribution in [0.15, 0.2) is 22.6 Å². The molecule has 0 radical (unpaired) electrons. The molecule has 0 spiro atoms. The zero-order valence-corrected chi connectivity index (χ0v) is 11.9. The highest BCUT2D eigenvalue weighted by molar-refractivity contribution is 6.04. The first kappa shape index (κ1) is 14.0. The number of furan rings is 1. The van der Waals surface area contributed by atoms with Crippen molar-refractivity contribution >= 4 is 16.9 Å². The Bertz CT molecular complexity index is 703. The van der Waals surface area contributed by atoms with Gasteiger partial charge < -0.3 is 9.15 Å². The molecular formula is C16H16F2O3. The van der Waals surface area contributed by atoms with Crippen molar-refractivity contribution in [2.75, 3.05) is 6.61 Å².